The summed E-state index contributed by atoms with van der Waals surface area (Å²) in [4.78, 5) is 11.6. The summed E-state index contributed by atoms with van der Waals surface area (Å²) in [5.74, 6) is -0.338. The molecule has 1 aliphatic carbocycles. The highest BCUT2D eigenvalue weighted by Crippen LogP contribution is 2.27. The van der Waals surface area contributed by atoms with Crippen molar-refractivity contribution in [2.45, 2.75) is 115 Å². The molecule has 1 rings (SSSR count). The highest BCUT2D eigenvalue weighted by atomic mass is 32.2. The van der Waals surface area contributed by atoms with E-state index in [1.165, 1.54) is 57.8 Å². The van der Waals surface area contributed by atoms with E-state index in [2.05, 4.69) is 23.8 Å². The molecule has 0 saturated heterocycles. The fourth-order valence-electron chi connectivity index (χ4n) is 3.03. The Bertz CT molecular complexity index is 495. The second-order valence-electron chi connectivity index (χ2n) is 7.60. The van der Waals surface area contributed by atoms with Crippen molar-refractivity contribution in [2.24, 2.45) is 0 Å². The third-order valence-corrected chi connectivity index (χ3v) is 6.75. The Morgan fingerprint density at radius 3 is 1.88 bits per heavy atom. The Kier molecular flexibility index (Phi) is 12.7. The van der Waals surface area contributed by atoms with E-state index in [-0.39, 0.29) is 11.2 Å². The van der Waals surface area contributed by atoms with Crippen LogP contribution in [0, 0.1) is 0 Å². The summed E-state index contributed by atoms with van der Waals surface area (Å²) in [6, 6.07) is 0. The molecular weight excluding hydrogens is 346 g/mol. The van der Waals surface area contributed by atoms with Gasteiger partial charge in [-0.25, -0.2) is 8.42 Å². The number of rotatable bonds is 17. The first-order valence-electron chi connectivity index (χ1n) is 10.8. The van der Waals surface area contributed by atoms with E-state index in [1.54, 1.807) is 0 Å². The van der Waals surface area contributed by atoms with E-state index >= 15 is 0 Å². The van der Waals surface area contributed by atoms with E-state index in [0.717, 1.165) is 25.7 Å². The minimum Gasteiger partial charge on any atom is -0.274 e. The highest BCUT2D eigenvalue weighted by Gasteiger charge is 2.36. The lowest BCUT2D eigenvalue weighted by molar-refractivity contribution is -0.119. The van der Waals surface area contributed by atoms with E-state index in [9.17, 15) is 13.2 Å². The minimum atomic E-state index is -3.36. The number of carbonyl (C=O) groups excluding carboxylic acids is 1. The van der Waals surface area contributed by atoms with Crippen molar-refractivity contribution in [3.8, 4) is 0 Å². The number of hydrogen-bond acceptors (Lipinski definition) is 3. The second-order valence-corrected chi connectivity index (χ2v) is 9.56. The van der Waals surface area contributed by atoms with Crippen LogP contribution in [0.25, 0.3) is 0 Å². The fraction of sp³-hybridized carbons (Fsp3) is 0.857. The summed E-state index contributed by atoms with van der Waals surface area (Å²) >= 11 is 0. The van der Waals surface area contributed by atoms with Gasteiger partial charge in [-0.1, -0.05) is 70.4 Å². The van der Waals surface area contributed by atoms with E-state index in [4.69, 9.17) is 0 Å². The molecule has 4 nitrogen and oxygen atoms in total. The maximum atomic E-state index is 11.6. The Labute approximate surface area is 161 Å². The van der Waals surface area contributed by atoms with Crippen molar-refractivity contribution in [1.29, 1.82) is 0 Å². The molecule has 5 heteroatoms. The quantitative estimate of drug-likeness (QED) is 0.260. The first kappa shape index (κ1) is 23.2. The van der Waals surface area contributed by atoms with E-state index < -0.39 is 10.0 Å². The van der Waals surface area contributed by atoms with Gasteiger partial charge < -0.3 is 0 Å². The van der Waals surface area contributed by atoms with Gasteiger partial charge in [0.05, 0.1) is 5.25 Å². The van der Waals surface area contributed by atoms with E-state index in [0.29, 0.717) is 19.3 Å². The summed E-state index contributed by atoms with van der Waals surface area (Å²) in [5.41, 5.74) is 0. The minimum absolute atomic E-state index is 0.319. The molecule has 0 aromatic carbocycles. The number of allylic oxidation sites excluding steroid dienone is 2. The van der Waals surface area contributed by atoms with Gasteiger partial charge in [-0.15, -0.1) is 0 Å². The average molecular weight is 386 g/mol. The van der Waals surface area contributed by atoms with Crippen LogP contribution in [0.3, 0.4) is 0 Å². The maximum Gasteiger partial charge on any atom is 0.237 e. The van der Waals surface area contributed by atoms with Crippen molar-refractivity contribution in [1.82, 2.24) is 4.72 Å². The predicted octanol–water partition coefficient (Wildman–Crippen LogP) is 5.63. The van der Waals surface area contributed by atoms with Crippen molar-refractivity contribution in [2.75, 3.05) is 0 Å². The highest BCUT2D eigenvalue weighted by molar-refractivity contribution is 7.90. The number of amides is 1. The number of hydrogen-bond donors (Lipinski definition) is 1. The van der Waals surface area contributed by atoms with Crippen LogP contribution >= 0.6 is 0 Å². The zero-order valence-corrected chi connectivity index (χ0v) is 17.5. The first-order valence-corrected chi connectivity index (χ1v) is 12.3. The largest absolute Gasteiger partial charge is 0.274 e. The average Bonchev–Trinajstić information content (AvgIpc) is 3.43. The summed E-state index contributed by atoms with van der Waals surface area (Å²) in [6.45, 7) is 2.25. The summed E-state index contributed by atoms with van der Waals surface area (Å²) < 4.78 is 25.4. The van der Waals surface area contributed by atoms with Crippen molar-refractivity contribution < 1.29 is 13.2 Å². The topological polar surface area (TPSA) is 63.2 Å². The van der Waals surface area contributed by atoms with Crippen LogP contribution in [0.2, 0.25) is 0 Å². The van der Waals surface area contributed by atoms with Crippen LogP contribution in [-0.4, -0.2) is 19.6 Å². The number of sulfonamides is 1. The Balaban J connectivity index is 1.83. The lowest BCUT2D eigenvalue weighted by Gasteiger charge is -2.05. The number of unbranched alkanes of at least 4 members (excludes halogenated alkanes) is 11. The molecule has 0 heterocycles. The van der Waals surface area contributed by atoms with Crippen LogP contribution in [0.4, 0.5) is 0 Å². The molecule has 0 aromatic rings. The van der Waals surface area contributed by atoms with Crippen molar-refractivity contribution >= 4 is 15.9 Å². The molecule has 0 bridgehead atoms. The molecular formula is C21H39NO3S. The standard InChI is InChI=1S/C21H39NO3S/c1-2-3-4-5-6-7-8-9-10-11-12-13-14-15-16-17-21(23)22-26(24,25)20-18-19-20/h9-10,20H,2-8,11-19H2,1H3,(H,22,23)/b10-9-. The molecule has 0 unspecified atom stereocenters. The summed E-state index contributed by atoms with van der Waals surface area (Å²) in [6.07, 6.45) is 22.1. The summed E-state index contributed by atoms with van der Waals surface area (Å²) in [5, 5.41) is -0.319. The Hall–Kier alpha value is -0.840. The molecule has 26 heavy (non-hydrogen) atoms. The van der Waals surface area contributed by atoms with Gasteiger partial charge in [0.1, 0.15) is 0 Å². The normalized spacial score (nSPS) is 14.8. The third-order valence-electron chi connectivity index (χ3n) is 4.88. The van der Waals surface area contributed by atoms with Gasteiger partial charge in [-0.05, 0) is 44.9 Å². The number of nitrogens with one attached hydrogen (secondary N) is 1. The molecule has 1 fully saturated rings. The Morgan fingerprint density at radius 1 is 0.846 bits per heavy atom. The molecule has 0 spiro atoms. The van der Waals surface area contributed by atoms with Crippen LogP contribution in [0.15, 0.2) is 12.2 Å². The van der Waals surface area contributed by atoms with Gasteiger partial charge in [-0.2, -0.15) is 0 Å². The molecule has 1 amide bonds. The molecule has 1 N–H and O–H groups in total. The van der Waals surface area contributed by atoms with Gasteiger partial charge in [0.2, 0.25) is 15.9 Å². The monoisotopic (exact) mass is 385 g/mol. The number of carbonyl (C=O) groups is 1. The molecule has 0 atom stereocenters. The predicted molar refractivity (Wildman–Crippen MR) is 110 cm³/mol. The van der Waals surface area contributed by atoms with Gasteiger partial charge in [0, 0.05) is 6.42 Å². The fourth-order valence-corrected chi connectivity index (χ4v) is 4.37. The van der Waals surface area contributed by atoms with Crippen LogP contribution < -0.4 is 4.72 Å². The second kappa shape index (κ2) is 14.2. The molecule has 0 aromatic heterocycles. The lowest BCUT2D eigenvalue weighted by Crippen LogP contribution is -2.32. The molecule has 152 valence electrons. The maximum absolute atomic E-state index is 11.6. The SMILES string of the molecule is CCCCCCCC/C=C\CCCCCCCC(=O)NS(=O)(=O)C1CC1. The lowest BCUT2D eigenvalue weighted by atomic mass is 10.1. The smallest absolute Gasteiger partial charge is 0.237 e. The van der Waals surface area contributed by atoms with Gasteiger partial charge >= 0.3 is 0 Å². The van der Waals surface area contributed by atoms with Crippen LogP contribution in [-0.2, 0) is 14.8 Å². The van der Waals surface area contributed by atoms with E-state index in [1.807, 2.05) is 0 Å². The first-order chi connectivity index (χ1) is 12.6. The van der Waals surface area contributed by atoms with Gasteiger partial charge in [0.25, 0.3) is 0 Å². The summed E-state index contributed by atoms with van der Waals surface area (Å²) in [7, 11) is -3.36. The van der Waals surface area contributed by atoms with Crippen LogP contribution in [0.5, 0.6) is 0 Å². The third kappa shape index (κ3) is 12.5. The van der Waals surface area contributed by atoms with Crippen LogP contribution in [0.1, 0.15) is 110 Å². The van der Waals surface area contributed by atoms with Crippen molar-refractivity contribution in [3.05, 3.63) is 12.2 Å². The van der Waals surface area contributed by atoms with Crippen molar-refractivity contribution in [3.63, 3.8) is 0 Å². The Morgan fingerprint density at radius 2 is 1.35 bits per heavy atom. The molecule has 0 radical (unpaired) electrons. The zero-order valence-electron chi connectivity index (χ0n) is 16.7. The van der Waals surface area contributed by atoms with Gasteiger partial charge in [-0.3, -0.25) is 9.52 Å². The molecule has 1 saturated carbocycles. The van der Waals surface area contributed by atoms with Gasteiger partial charge in [0.15, 0.2) is 0 Å². The molecule has 0 aliphatic heterocycles. The zero-order chi connectivity index (χ0) is 19.1. The molecule has 1 aliphatic rings.